The van der Waals surface area contributed by atoms with Crippen LogP contribution in [0, 0.1) is 0 Å². The minimum Gasteiger partial charge on any atom is -0.377 e. The summed E-state index contributed by atoms with van der Waals surface area (Å²) < 4.78 is 0. The molecule has 0 bridgehead atoms. The number of H-pyrrole nitrogens is 1. The third kappa shape index (κ3) is 2.13. The molecule has 0 aliphatic carbocycles. The van der Waals surface area contributed by atoms with Crippen molar-refractivity contribution in [2.24, 2.45) is 0 Å². The Morgan fingerprint density at radius 1 is 1.12 bits per heavy atom. The van der Waals surface area contributed by atoms with Crippen molar-refractivity contribution in [1.82, 2.24) is 24.8 Å². The van der Waals surface area contributed by atoms with Gasteiger partial charge in [-0.1, -0.05) is 0 Å². The summed E-state index contributed by atoms with van der Waals surface area (Å²) in [6.07, 6.45) is 11.3. The van der Waals surface area contributed by atoms with Crippen molar-refractivity contribution in [2.75, 3.05) is 13.1 Å². The number of imidazole rings is 1. The average molecular weight is 229 g/mol. The average Bonchev–Trinajstić information content (AvgIpc) is 2.86. The lowest BCUT2D eigenvalue weighted by Gasteiger charge is -2.24. The highest BCUT2D eigenvalue weighted by molar-refractivity contribution is 5.78. The van der Waals surface area contributed by atoms with Crippen molar-refractivity contribution in [3.05, 3.63) is 24.5 Å². The number of hydrogen-bond donors (Lipinski definition) is 1. The zero-order valence-electron chi connectivity index (χ0n) is 9.63. The lowest BCUT2D eigenvalue weighted by molar-refractivity contribution is 0.311. The minimum absolute atomic E-state index is 0.721. The zero-order valence-corrected chi connectivity index (χ0v) is 9.63. The number of nitrogens with one attached hydrogen (secondary N) is 1. The van der Waals surface area contributed by atoms with E-state index >= 15 is 0 Å². The number of piperidine rings is 1. The molecule has 1 N–H and O–H groups in total. The van der Waals surface area contributed by atoms with Crippen LogP contribution in [-0.2, 0) is 0 Å². The van der Waals surface area contributed by atoms with E-state index in [4.69, 9.17) is 0 Å². The molecule has 5 heteroatoms. The van der Waals surface area contributed by atoms with Gasteiger partial charge in [0, 0.05) is 19.3 Å². The molecule has 0 radical (unpaired) electrons. The van der Waals surface area contributed by atoms with Crippen molar-refractivity contribution in [1.29, 1.82) is 0 Å². The molecule has 88 valence electrons. The first-order chi connectivity index (χ1) is 8.43. The maximum atomic E-state index is 4.27. The second-order valence-corrected chi connectivity index (χ2v) is 4.27. The number of likely N-dealkylation sites (tertiary alicyclic amines) is 1. The Hall–Kier alpha value is -1.91. The Balaban J connectivity index is 1.83. The molecule has 0 unspecified atom stereocenters. The van der Waals surface area contributed by atoms with Crippen LogP contribution in [-0.4, -0.2) is 37.9 Å². The van der Waals surface area contributed by atoms with Crippen LogP contribution >= 0.6 is 0 Å². The van der Waals surface area contributed by atoms with Crippen LogP contribution in [0.2, 0.25) is 0 Å². The van der Waals surface area contributed by atoms with Gasteiger partial charge >= 0.3 is 0 Å². The van der Waals surface area contributed by atoms with Crippen LogP contribution in [0.5, 0.6) is 0 Å². The third-order valence-corrected chi connectivity index (χ3v) is 3.09. The van der Waals surface area contributed by atoms with Crippen molar-refractivity contribution < 1.29 is 0 Å². The molecule has 0 aromatic carbocycles. The number of hydrogen-bond acceptors (Lipinski definition) is 4. The molecule has 2 aromatic heterocycles. The third-order valence-electron chi connectivity index (χ3n) is 3.09. The quantitative estimate of drug-likeness (QED) is 0.853. The molecule has 1 saturated heterocycles. The monoisotopic (exact) mass is 229 g/mol. The molecule has 1 aliphatic heterocycles. The summed E-state index contributed by atoms with van der Waals surface area (Å²) in [5.74, 6) is 0. The van der Waals surface area contributed by atoms with E-state index in [-0.39, 0.29) is 0 Å². The van der Waals surface area contributed by atoms with Gasteiger partial charge in [0.1, 0.15) is 11.8 Å². The van der Waals surface area contributed by atoms with Gasteiger partial charge in [0.15, 0.2) is 5.65 Å². The van der Waals surface area contributed by atoms with E-state index in [1.165, 1.54) is 19.3 Å². The molecule has 17 heavy (non-hydrogen) atoms. The van der Waals surface area contributed by atoms with E-state index < -0.39 is 0 Å². The van der Waals surface area contributed by atoms with Gasteiger partial charge in [0.05, 0.1) is 12.0 Å². The summed E-state index contributed by atoms with van der Waals surface area (Å²) in [7, 11) is 0. The summed E-state index contributed by atoms with van der Waals surface area (Å²) in [6, 6.07) is 0. The van der Waals surface area contributed by atoms with E-state index in [9.17, 15) is 0 Å². The van der Waals surface area contributed by atoms with Crippen molar-refractivity contribution >= 4 is 17.2 Å². The highest BCUT2D eigenvalue weighted by Crippen LogP contribution is 2.13. The molecule has 0 spiro atoms. The SMILES string of the molecule is C(=CN1CCCCC1)c1ncnc2nc[nH]c12. The van der Waals surface area contributed by atoms with E-state index in [0.29, 0.717) is 0 Å². The summed E-state index contributed by atoms with van der Waals surface area (Å²) in [5, 5.41) is 0. The number of nitrogens with zero attached hydrogens (tertiary/aromatic N) is 4. The lowest BCUT2D eigenvalue weighted by atomic mass is 10.1. The Bertz CT molecular complexity index is 524. The molecule has 1 aliphatic rings. The molecule has 5 nitrogen and oxygen atoms in total. The Kier molecular flexibility index (Phi) is 2.73. The first-order valence-corrected chi connectivity index (χ1v) is 6.00. The lowest BCUT2D eigenvalue weighted by Crippen LogP contribution is -2.23. The fourth-order valence-electron chi connectivity index (χ4n) is 2.15. The number of aromatic amines is 1. The maximum absolute atomic E-state index is 4.27. The van der Waals surface area contributed by atoms with E-state index in [0.717, 1.165) is 29.9 Å². The van der Waals surface area contributed by atoms with Crippen LogP contribution in [0.15, 0.2) is 18.9 Å². The number of rotatable bonds is 2. The van der Waals surface area contributed by atoms with Gasteiger partial charge in [0.2, 0.25) is 0 Å². The first-order valence-electron chi connectivity index (χ1n) is 6.00. The molecule has 0 saturated carbocycles. The predicted molar refractivity (Wildman–Crippen MR) is 66.1 cm³/mol. The molecule has 0 atom stereocenters. The second kappa shape index (κ2) is 4.53. The second-order valence-electron chi connectivity index (χ2n) is 4.27. The highest BCUT2D eigenvalue weighted by atomic mass is 15.1. The number of aromatic nitrogens is 4. The van der Waals surface area contributed by atoms with Crippen LogP contribution < -0.4 is 0 Å². The van der Waals surface area contributed by atoms with Crippen LogP contribution in [0.3, 0.4) is 0 Å². The zero-order chi connectivity index (χ0) is 11.5. The molecule has 3 heterocycles. The minimum atomic E-state index is 0.721. The summed E-state index contributed by atoms with van der Waals surface area (Å²) in [4.78, 5) is 17.9. The normalized spacial score (nSPS) is 17.1. The van der Waals surface area contributed by atoms with Gasteiger partial charge in [-0.2, -0.15) is 0 Å². The smallest absolute Gasteiger partial charge is 0.181 e. The first kappa shape index (κ1) is 10.3. The molecule has 3 rings (SSSR count). The molecular formula is C12H15N5. The molecule has 0 amide bonds. The van der Waals surface area contributed by atoms with Crippen molar-refractivity contribution in [3.8, 4) is 0 Å². The molecule has 1 fully saturated rings. The maximum Gasteiger partial charge on any atom is 0.181 e. The van der Waals surface area contributed by atoms with E-state index in [2.05, 4.69) is 31.0 Å². The van der Waals surface area contributed by atoms with Crippen molar-refractivity contribution in [2.45, 2.75) is 19.3 Å². The molecule has 2 aromatic rings. The van der Waals surface area contributed by atoms with Gasteiger partial charge in [-0.3, -0.25) is 0 Å². The largest absolute Gasteiger partial charge is 0.377 e. The fourth-order valence-corrected chi connectivity index (χ4v) is 2.15. The van der Waals surface area contributed by atoms with Crippen LogP contribution in [0.25, 0.3) is 17.2 Å². The molecular weight excluding hydrogens is 214 g/mol. The van der Waals surface area contributed by atoms with Crippen LogP contribution in [0.1, 0.15) is 25.0 Å². The predicted octanol–water partition coefficient (Wildman–Crippen LogP) is 1.81. The highest BCUT2D eigenvalue weighted by Gasteiger charge is 2.06. The Morgan fingerprint density at radius 3 is 2.88 bits per heavy atom. The summed E-state index contributed by atoms with van der Waals surface area (Å²) in [5.41, 5.74) is 2.53. The summed E-state index contributed by atoms with van der Waals surface area (Å²) >= 11 is 0. The van der Waals surface area contributed by atoms with Gasteiger partial charge in [-0.25, -0.2) is 15.0 Å². The summed E-state index contributed by atoms with van der Waals surface area (Å²) in [6.45, 7) is 2.29. The van der Waals surface area contributed by atoms with Gasteiger partial charge in [0.25, 0.3) is 0 Å². The van der Waals surface area contributed by atoms with Crippen molar-refractivity contribution in [3.63, 3.8) is 0 Å². The van der Waals surface area contributed by atoms with Gasteiger partial charge in [-0.05, 0) is 25.3 Å². The fraction of sp³-hybridized carbons (Fsp3) is 0.417. The van der Waals surface area contributed by atoms with E-state index in [1.807, 2.05) is 6.08 Å². The Morgan fingerprint density at radius 2 is 2.00 bits per heavy atom. The number of fused-ring (bicyclic) bond motifs is 1. The standard InChI is InChI=1S/C12H15N5/c1-2-5-17(6-3-1)7-4-10-11-12(15-8-13-10)16-9-14-11/h4,7-9H,1-3,5-6H2,(H,13,14,15,16). The van der Waals surface area contributed by atoms with Gasteiger partial charge < -0.3 is 9.88 Å². The van der Waals surface area contributed by atoms with Gasteiger partial charge in [-0.15, -0.1) is 0 Å². The van der Waals surface area contributed by atoms with Crippen LogP contribution in [0.4, 0.5) is 0 Å². The topological polar surface area (TPSA) is 57.7 Å². The van der Waals surface area contributed by atoms with E-state index in [1.54, 1.807) is 12.7 Å². The Labute approximate surface area is 99.6 Å².